The van der Waals surface area contributed by atoms with Crippen molar-refractivity contribution in [3.05, 3.63) is 51.7 Å². The van der Waals surface area contributed by atoms with E-state index in [1.807, 2.05) is 6.07 Å². The average molecular weight is 440 g/mol. The summed E-state index contributed by atoms with van der Waals surface area (Å²) >= 11 is 1.50. The number of hydrogen-bond acceptors (Lipinski definition) is 5. The maximum atomic E-state index is 13.3. The highest BCUT2D eigenvalue weighted by Gasteiger charge is 2.45. The van der Waals surface area contributed by atoms with Gasteiger partial charge in [-0.1, -0.05) is 6.07 Å². The molecule has 1 unspecified atom stereocenters. The topological polar surface area (TPSA) is 70.6 Å². The molecule has 5 nitrogen and oxygen atoms in total. The maximum absolute atomic E-state index is 13.3. The summed E-state index contributed by atoms with van der Waals surface area (Å²) in [7, 11) is 1.29. The number of halogens is 2. The number of nitrogens with one attached hydrogen (secondary N) is 1. The number of ether oxygens (including phenoxy) is 2. The number of fused-ring (bicyclic) bond motifs is 3. The Bertz CT molecular complexity index is 894. The molecular weight excluding hydrogens is 425 g/mol. The Morgan fingerprint density at radius 3 is 2.96 bits per heavy atom. The number of esters is 1. The summed E-state index contributed by atoms with van der Waals surface area (Å²) in [6.45, 7) is 0.567. The van der Waals surface area contributed by atoms with Crippen molar-refractivity contribution in [2.24, 2.45) is 5.92 Å². The highest BCUT2D eigenvalue weighted by Crippen LogP contribution is 2.55. The SMILES string of the molecule is COC(=O)c1c(N[S+]([O-])c2ccc(F)cc2Br)ccc2c1OC[C@@H]1C[C@H]21. The van der Waals surface area contributed by atoms with Crippen LogP contribution in [0.1, 0.15) is 28.3 Å². The number of carbonyl (C=O) groups is 1. The fourth-order valence-electron chi connectivity index (χ4n) is 3.22. The zero-order valence-corrected chi connectivity index (χ0v) is 16.2. The first kappa shape index (κ1) is 17.6. The Morgan fingerprint density at radius 2 is 2.23 bits per heavy atom. The average Bonchev–Trinajstić information content (AvgIpc) is 3.40. The van der Waals surface area contributed by atoms with Gasteiger partial charge in [-0.2, -0.15) is 0 Å². The van der Waals surface area contributed by atoms with Gasteiger partial charge in [-0.05, 0) is 58.1 Å². The van der Waals surface area contributed by atoms with Crippen LogP contribution in [0.25, 0.3) is 0 Å². The van der Waals surface area contributed by atoms with Crippen LogP contribution in [0.5, 0.6) is 5.75 Å². The van der Waals surface area contributed by atoms with E-state index in [9.17, 15) is 13.7 Å². The molecule has 2 aromatic carbocycles. The molecule has 0 bridgehead atoms. The van der Waals surface area contributed by atoms with E-state index >= 15 is 0 Å². The molecule has 8 heteroatoms. The Hall–Kier alpha value is -1.77. The van der Waals surface area contributed by atoms with Gasteiger partial charge in [0.2, 0.25) is 0 Å². The largest absolute Gasteiger partial charge is 0.588 e. The lowest BCUT2D eigenvalue weighted by Gasteiger charge is -2.22. The van der Waals surface area contributed by atoms with E-state index in [-0.39, 0.29) is 5.56 Å². The minimum Gasteiger partial charge on any atom is -0.588 e. The third-order valence-electron chi connectivity index (χ3n) is 4.64. The van der Waals surface area contributed by atoms with E-state index < -0.39 is 23.1 Å². The van der Waals surface area contributed by atoms with Crippen molar-refractivity contribution in [3.63, 3.8) is 0 Å². The summed E-state index contributed by atoms with van der Waals surface area (Å²) < 4.78 is 39.9. The minimum absolute atomic E-state index is 0.238. The van der Waals surface area contributed by atoms with Crippen molar-refractivity contribution < 1.29 is 23.2 Å². The van der Waals surface area contributed by atoms with Gasteiger partial charge in [0.25, 0.3) is 0 Å². The molecule has 3 atom stereocenters. The van der Waals surface area contributed by atoms with Crippen molar-refractivity contribution in [1.82, 2.24) is 0 Å². The summed E-state index contributed by atoms with van der Waals surface area (Å²) in [6.07, 6.45) is 1.05. The van der Waals surface area contributed by atoms with E-state index in [4.69, 9.17) is 9.47 Å². The fraction of sp³-hybridized carbons (Fsp3) is 0.278. The van der Waals surface area contributed by atoms with Crippen LogP contribution in [-0.4, -0.2) is 24.2 Å². The van der Waals surface area contributed by atoms with Gasteiger partial charge in [0.15, 0.2) is 4.90 Å². The molecule has 1 heterocycles. The molecule has 0 spiro atoms. The third-order valence-corrected chi connectivity index (χ3v) is 6.72. The predicted molar refractivity (Wildman–Crippen MR) is 98.3 cm³/mol. The monoisotopic (exact) mass is 439 g/mol. The van der Waals surface area contributed by atoms with Gasteiger partial charge in [-0.25, -0.2) is 13.9 Å². The van der Waals surface area contributed by atoms with Crippen molar-refractivity contribution >= 4 is 38.9 Å². The summed E-state index contributed by atoms with van der Waals surface area (Å²) in [5.74, 6) is 0.424. The molecule has 136 valence electrons. The van der Waals surface area contributed by atoms with Gasteiger partial charge in [-0.15, -0.1) is 0 Å². The highest BCUT2D eigenvalue weighted by molar-refractivity contribution is 9.10. The van der Waals surface area contributed by atoms with Crippen molar-refractivity contribution in [1.29, 1.82) is 0 Å². The molecule has 1 aliphatic heterocycles. The maximum Gasteiger partial charge on any atom is 0.343 e. The lowest BCUT2D eigenvalue weighted by Crippen LogP contribution is -2.19. The second-order valence-corrected chi connectivity index (χ2v) is 8.29. The van der Waals surface area contributed by atoms with Crippen molar-refractivity contribution in [3.8, 4) is 5.75 Å². The third kappa shape index (κ3) is 3.06. The standard InChI is InChI=1S/C18H15BrFNO4S/c1-24-18(22)16-14(4-3-11-12-6-9(12)8-25-17(11)16)21-26(23)15-5-2-10(20)7-13(15)19/h2-5,7,9,12,21H,6,8H2,1H3/t9-,12-,26?/m0/s1. The van der Waals surface area contributed by atoms with Crippen molar-refractivity contribution in [2.75, 3.05) is 18.4 Å². The van der Waals surface area contributed by atoms with Crippen LogP contribution in [0.4, 0.5) is 10.1 Å². The van der Waals surface area contributed by atoms with Crippen LogP contribution in [-0.2, 0) is 16.1 Å². The zero-order chi connectivity index (χ0) is 18.4. The molecule has 2 aliphatic rings. The Morgan fingerprint density at radius 1 is 1.42 bits per heavy atom. The molecule has 1 saturated carbocycles. The molecule has 0 saturated heterocycles. The van der Waals surface area contributed by atoms with Crippen LogP contribution in [0.2, 0.25) is 0 Å². The van der Waals surface area contributed by atoms with E-state index in [1.165, 1.54) is 25.3 Å². The first-order chi connectivity index (χ1) is 12.5. The van der Waals surface area contributed by atoms with E-state index in [0.717, 1.165) is 12.0 Å². The Kier molecular flexibility index (Phi) is 4.58. The molecule has 4 rings (SSSR count). The molecule has 0 radical (unpaired) electrons. The van der Waals surface area contributed by atoms with Crippen LogP contribution in [0.3, 0.4) is 0 Å². The lowest BCUT2D eigenvalue weighted by molar-refractivity contribution is 0.0596. The summed E-state index contributed by atoms with van der Waals surface area (Å²) in [6, 6.07) is 7.49. The zero-order valence-electron chi connectivity index (χ0n) is 13.8. The second kappa shape index (κ2) is 6.75. The van der Waals surface area contributed by atoms with Crippen LogP contribution in [0, 0.1) is 11.7 Å². The molecule has 2 aromatic rings. The normalized spacial score (nSPS) is 21.1. The quantitative estimate of drug-likeness (QED) is 0.575. The van der Waals surface area contributed by atoms with Crippen LogP contribution < -0.4 is 9.46 Å². The van der Waals surface area contributed by atoms with Gasteiger partial charge in [-0.3, -0.25) is 0 Å². The first-order valence-electron chi connectivity index (χ1n) is 8.01. The van der Waals surface area contributed by atoms with Gasteiger partial charge in [0.05, 0.1) is 18.2 Å². The number of anilines is 1. The number of benzene rings is 2. The molecule has 0 aromatic heterocycles. The molecule has 1 fully saturated rings. The first-order valence-corrected chi connectivity index (χ1v) is 9.95. The smallest absolute Gasteiger partial charge is 0.343 e. The fourth-order valence-corrected chi connectivity index (χ4v) is 4.92. The van der Waals surface area contributed by atoms with E-state index in [2.05, 4.69) is 20.7 Å². The molecule has 1 aliphatic carbocycles. The Balaban J connectivity index is 1.70. The van der Waals surface area contributed by atoms with Crippen LogP contribution in [0.15, 0.2) is 39.7 Å². The molecule has 0 amide bonds. The lowest BCUT2D eigenvalue weighted by atomic mass is 10.0. The summed E-state index contributed by atoms with van der Waals surface area (Å²) in [4.78, 5) is 12.7. The Labute approximate surface area is 161 Å². The number of carbonyl (C=O) groups excluding carboxylic acids is 1. The van der Waals surface area contributed by atoms with Crippen molar-refractivity contribution in [2.45, 2.75) is 17.2 Å². The van der Waals surface area contributed by atoms with Gasteiger partial charge < -0.3 is 14.0 Å². The number of hydrogen-bond donors (Lipinski definition) is 1. The molecular formula is C18H15BrFNO4S. The predicted octanol–water partition coefficient (Wildman–Crippen LogP) is 4.01. The van der Waals surface area contributed by atoms with E-state index in [0.29, 0.717) is 39.2 Å². The number of rotatable bonds is 4. The highest BCUT2D eigenvalue weighted by atomic mass is 79.9. The van der Waals surface area contributed by atoms with E-state index in [1.54, 1.807) is 6.07 Å². The van der Waals surface area contributed by atoms with Crippen LogP contribution >= 0.6 is 15.9 Å². The van der Waals surface area contributed by atoms with Gasteiger partial charge in [0, 0.05) is 5.92 Å². The second-order valence-electron chi connectivity index (χ2n) is 6.26. The summed E-state index contributed by atoms with van der Waals surface area (Å²) in [5.41, 5.74) is 1.58. The summed E-state index contributed by atoms with van der Waals surface area (Å²) in [5, 5.41) is 0. The number of methoxy groups -OCH3 is 1. The molecule has 1 N–H and O–H groups in total. The minimum atomic E-state index is -1.71. The van der Waals surface area contributed by atoms with Gasteiger partial charge >= 0.3 is 5.97 Å². The molecule has 26 heavy (non-hydrogen) atoms. The van der Waals surface area contributed by atoms with Gasteiger partial charge in [0.1, 0.15) is 34.2 Å².